The molecule has 2 nitrogen and oxygen atoms in total. The normalized spacial score (nSPS) is 11.5. The Morgan fingerprint density at radius 3 is 2.39 bits per heavy atom. The van der Waals surface area contributed by atoms with Crippen molar-refractivity contribution in [3.05, 3.63) is 83.9 Å². The average Bonchev–Trinajstić information content (AvgIpc) is 2.58. The first-order chi connectivity index (χ1) is 11.2. The molecule has 0 saturated carbocycles. The second kappa shape index (κ2) is 7.21. The summed E-state index contributed by atoms with van der Waals surface area (Å²) in [4.78, 5) is 4.56. The molecule has 0 bridgehead atoms. The van der Waals surface area contributed by atoms with Gasteiger partial charge in [0.15, 0.2) is 0 Å². The van der Waals surface area contributed by atoms with E-state index in [9.17, 15) is 5.11 Å². The minimum absolute atomic E-state index is 0.345. The van der Waals surface area contributed by atoms with Gasteiger partial charge in [0, 0.05) is 17.1 Å². The predicted molar refractivity (Wildman–Crippen MR) is 101 cm³/mol. The lowest BCUT2D eigenvalue weighted by atomic mass is 10.1. The van der Waals surface area contributed by atoms with Gasteiger partial charge in [-0.1, -0.05) is 62.7 Å². The molecule has 1 atom stereocenters. The smallest absolute Gasteiger partial charge is 0.123 e. The van der Waals surface area contributed by atoms with Gasteiger partial charge >= 0.3 is 0 Å². The summed E-state index contributed by atoms with van der Waals surface area (Å²) in [6.07, 6.45) is 1.91. The maximum atomic E-state index is 10.00. The number of phenolic OH excluding ortho intramolecular Hbond substituents is 1. The molecule has 114 valence electrons. The maximum Gasteiger partial charge on any atom is 0.123 e. The van der Waals surface area contributed by atoms with E-state index >= 15 is 0 Å². The lowest BCUT2D eigenvalue weighted by Crippen LogP contribution is -2.09. The van der Waals surface area contributed by atoms with E-state index in [1.54, 1.807) is 6.07 Å². The van der Waals surface area contributed by atoms with Crippen LogP contribution in [0.25, 0.3) is 0 Å². The molecule has 0 spiro atoms. The summed E-state index contributed by atoms with van der Waals surface area (Å²) in [5, 5.41) is 12.1. The van der Waals surface area contributed by atoms with E-state index in [-0.39, 0.29) is 0 Å². The van der Waals surface area contributed by atoms with E-state index in [4.69, 9.17) is 0 Å². The predicted octanol–water partition coefficient (Wildman–Crippen LogP) is 4.08. The number of hydrogen-bond acceptors (Lipinski definition) is 2. The lowest BCUT2D eigenvalue weighted by Gasteiger charge is -2.09. The molecule has 0 saturated heterocycles. The molecule has 0 aromatic heterocycles. The molecule has 1 unspecified atom stereocenters. The van der Waals surface area contributed by atoms with Crippen LogP contribution in [0, 0.1) is 6.92 Å². The van der Waals surface area contributed by atoms with Crippen LogP contribution < -0.4 is 10.6 Å². The molecule has 0 amide bonds. The van der Waals surface area contributed by atoms with E-state index in [0.717, 1.165) is 16.6 Å². The maximum absolute atomic E-state index is 10.00. The third kappa shape index (κ3) is 4.06. The first kappa shape index (κ1) is 15.5. The van der Waals surface area contributed by atoms with E-state index in [1.165, 1.54) is 10.9 Å². The zero-order valence-corrected chi connectivity index (χ0v) is 13.9. The molecule has 23 heavy (non-hydrogen) atoms. The highest BCUT2D eigenvalue weighted by Crippen LogP contribution is 2.20. The molecule has 0 fully saturated rings. The van der Waals surface area contributed by atoms with Gasteiger partial charge in [0.1, 0.15) is 5.75 Å². The first-order valence-electron chi connectivity index (χ1n) is 7.47. The highest BCUT2D eigenvalue weighted by molar-refractivity contribution is 7.56. The molecular weight excluding hydrogens is 301 g/mol. The molecule has 3 heteroatoms. The van der Waals surface area contributed by atoms with Crippen molar-refractivity contribution in [1.82, 2.24) is 0 Å². The molecule has 0 radical (unpaired) electrons. The standard InChI is InChI=1S/C20H18NOP/c1-15-11-12-19(23-20-10-6-5-9-18(20)22)16(13-15)14-21-17-7-3-2-4-8-17/h2-14,22-23H,1H3. The Morgan fingerprint density at radius 1 is 0.870 bits per heavy atom. The van der Waals surface area contributed by atoms with Gasteiger partial charge in [-0.25, -0.2) is 0 Å². The van der Waals surface area contributed by atoms with Crippen molar-refractivity contribution in [3.8, 4) is 5.75 Å². The molecule has 0 aliphatic carbocycles. The number of aliphatic imine (C=N–C) groups is 1. The van der Waals surface area contributed by atoms with Crippen molar-refractivity contribution in [2.24, 2.45) is 4.99 Å². The highest BCUT2D eigenvalue weighted by Gasteiger charge is 2.06. The van der Waals surface area contributed by atoms with Crippen LogP contribution >= 0.6 is 8.58 Å². The van der Waals surface area contributed by atoms with Gasteiger partial charge in [-0.2, -0.15) is 0 Å². The summed E-state index contributed by atoms with van der Waals surface area (Å²) in [5.41, 5.74) is 3.23. The van der Waals surface area contributed by atoms with Crippen LogP contribution in [-0.2, 0) is 0 Å². The Balaban J connectivity index is 1.92. The number of nitrogens with zero attached hydrogens (tertiary/aromatic N) is 1. The summed E-state index contributed by atoms with van der Waals surface area (Å²) in [6, 6.07) is 23.8. The van der Waals surface area contributed by atoms with E-state index in [0.29, 0.717) is 14.3 Å². The van der Waals surface area contributed by atoms with Gasteiger partial charge in [0.25, 0.3) is 0 Å². The van der Waals surface area contributed by atoms with Crippen molar-refractivity contribution < 1.29 is 5.11 Å². The van der Waals surface area contributed by atoms with E-state index in [1.807, 2.05) is 54.7 Å². The van der Waals surface area contributed by atoms with E-state index in [2.05, 4.69) is 30.1 Å². The third-order valence-corrected chi connectivity index (χ3v) is 4.91. The fraction of sp³-hybridized carbons (Fsp3) is 0.0500. The second-order valence-corrected chi connectivity index (χ2v) is 6.65. The fourth-order valence-corrected chi connectivity index (χ4v) is 3.41. The lowest BCUT2D eigenvalue weighted by molar-refractivity contribution is 0.480. The first-order valence-corrected chi connectivity index (χ1v) is 8.47. The molecule has 3 aromatic rings. The Bertz CT molecular complexity index is 828. The minimum Gasteiger partial charge on any atom is -0.507 e. The topological polar surface area (TPSA) is 32.6 Å². The van der Waals surface area contributed by atoms with Gasteiger partial charge < -0.3 is 5.11 Å². The van der Waals surface area contributed by atoms with Gasteiger partial charge in [-0.05, 0) is 36.5 Å². The summed E-state index contributed by atoms with van der Waals surface area (Å²) < 4.78 is 0. The van der Waals surface area contributed by atoms with Crippen LogP contribution in [0.1, 0.15) is 11.1 Å². The highest BCUT2D eigenvalue weighted by atomic mass is 31.1. The van der Waals surface area contributed by atoms with Crippen molar-refractivity contribution in [2.75, 3.05) is 0 Å². The Hall–Kier alpha value is -2.44. The van der Waals surface area contributed by atoms with Gasteiger partial charge in [-0.15, -0.1) is 0 Å². The Labute approximate surface area is 138 Å². The molecule has 1 N–H and O–H groups in total. The number of phenols is 1. The zero-order valence-electron chi connectivity index (χ0n) is 12.9. The Morgan fingerprint density at radius 2 is 1.61 bits per heavy atom. The molecule has 3 rings (SSSR count). The SMILES string of the molecule is Cc1ccc(Pc2ccccc2O)c(C=Nc2ccccc2)c1. The van der Waals surface area contributed by atoms with Crippen LogP contribution in [0.15, 0.2) is 77.8 Å². The second-order valence-electron chi connectivity index (χ2n) is 5.33. The van der Waals surface area contributed by atoms with Gasteiger partial charge in [0.2, 0.25) is 0 Å². The van der Waals surface area contributed by atoms with Crippen molar-refractivity contribution in [1.29, 1.82) is 0 Å². The van der Waals surface area contributed by atoms with Gasteiger partial charge in [0.05, 0.1) is 5.69 Å². The molecule has 3 aromatic carbocycles. The number of aryl methyl sites for hydroxylation is 1. The fourth-order valence-electron chi connectivity index (χ4n) is 2.29. The molecular formula is C20H18NOP. The van der Waals surface area contributed by atoms with Crippen molar-refractivity contribution in [3.63, 3.8) is 0 Å². The summed E-state index contributed by atoms with van der Waals surface area (Å²) in [7, 11) is 0.397. The minimum atomic E-state index is 0.345. The number of rotatable bonds is 4. The third-order valence-electron chi connectivity index (χ3n) is 3.49. The number of aromatic hydroxyl groups is 1. The number of para-hydroxylation sites is 2. The monoisotopic (exact) mass is 319 g/mol. The zero-order chi connectivity index (χ0) is 16.1. The largest absolute Gasteiger partial charge is 0.507 e. The van der Waals surface area contributed by atoms with Crippen LogP contribution in [0.5, 0.6) is 5.75 Å². The Kier molecular flexibility index (Phi) is 4.85. The summed E-state index contributed by atoms with van der Waals surface area (Å²) >= 11 is 0. The summed E-state index contributed by atoms with van der Waals surface area (Å²) in [6.45, 7) is 2.08. The number of benzene rings is 3. The van der Waals surface area contributed by atoms with Crippen molar-refractivity contribution >= 4 is 31.1 Å². The van der Waals surface area contributed by atoms with Crippen molar-refractivity contribution in [2.45, 2.75) is 6.92 Å². The van der Waals surface area contributed by atoms with Crippen LogP contribution in [0.2, 0.25) is 0 Å². The average molecular weight is 319 g/mol. The van der Waals surface area contributed by atoms with E-state index < -0.39 is 0 Å². The molecule has 0 heterocycles. The number of hydrogen-bond donors (Lipinski definition) is 1. The van der Waals surface area contributed by atoms with Gasteiger partial charge in [-0.3, -0.25) is 4.99 Å². The molecule has 0 aliphatic heterocycles. The van der Waals surface area contributed by atoms with Crippen LogP contribution in [0.3, 0.4) is 0 Å². The van der Waals surface area contributed by atoms with Crippen LogP contribution in [0.4, 0.5) is 5.69 Å². The quantitative estimate of drug-likeness (QED) is 0.570. The summed E-state index contributed by atoms with van der Waals surface area (Å²) in [5.74, 6) is 0.345. The van der Waals surface area contributed by atoms with Crippen LogP contribution in [-0.4, -0.2) is 11.3 Å². The molecule has 0 aliphatic rings.